The molecule has 5 aromatic rings. The fourth-order valence-corrected chi connectivity index (χ4v) is 11.3. The molecule has 5 fully saturated rings. The predicted octanol–water partition coefficient (Wildman–Crippen LogP) is -3.36. The second kappa shape index (κ2) is 31.3. The van der Waals surface area contributed by atoms with Crippen molar-refractivity contribution in [3.8, 4) is 0 Å². The van der Waals surface area contributed by atoms with Crippen molar-refractivity contribution in [1.29, 1.82) is 0 Å². The van der Waals surface area contributed by atoms with Gasteiger partial charge in [0.15, 0.2) is 0 Å². The van der Waals surface area contributed by atoms with E-state index in [-0.39, 0.29) is 120 Å². The summed E-state index contributed by atoms with van der Waals surface area (Å²) in [6, 6.07) is 7.72. The maximum Gasteiger partial charge on any atom is 0.351 e. The average molecular weight is 1180 g/mol. The summed E-state index contributed by atoms with van der Waals surface area (Å²) < 4.78 is 33.9. The lowest BCUT2D eigenvalue weighted by molar-refractivity contribution is -0.00634. The van der Waals surface area contributed by atoms with Crippen LogP contribution in [0.3, 0.4) is 0 Å². The molecule has 5 aliphatic rings. The van der Waals surface area contributed by atoms with Gasteiger partial charge < -0.3 is 83.0 Å². The smallest absolute Gasteiger partial charge is 0.351 e. The van der Waals surface area contributed by atoms with Crippen LogP contribution in [0.25, 0.3) is 0 Å². The average Bonchev–Trinajstić information content (AvgIpc) is 4.30. The molecule has 16 N–H and O–H groups in total. The number of nitrogen functional groups attached to an aromatic ring is 5. The predicted molar refractivity (Wildman–Crippen MR) is 290 cm³/mol. The lowest BCUT2D eigenvalue weighted by Gasteiger charge is -2.13. The fourth-order valence-electron chi connectivity index (χ4n) is 6.65. The summed E-state index contributed by atoms with van der Waals surface area (Å²) >= 11 is 7.34. The lowest BCUT2D eigenvalue weighted by Crippen LogP contribution is -2.28. The Morgan fingerprint density at radius 1 is 0.377 bits per heavy atom. The van der Waals surface area contributed by atoms with E-state index in [1.807, 2.05) is 0 Å². The molecular formula is C41H59N15O16S5. The van der Waals surface area contributed by atoms with Crippen LogP contribution in [0.15, 0.2) is 85.3 Å². The second-order valence-electron chi connectivity index (χ2n) is 15.4. The Labute approximate surface area is 457 Å². The number of aliphatic hydroxyl groups excluding tert-OH is 6. The minimum absolute atomic E-state index is 0.0572. The number of nitrogens with two attached hydrogens (primary N) is 5. The van der Waals surface area contributed by atoms with E-state index in [1.165, 1.54) is 81.6 Å². The summed E-state index contributed by atoms with van der Waals surface area (Å²) in [4.78, 5) is 75.2. The first-order valence-corrected chi connectivity index (χ1v) is 27.8. The highest BCUT2D eigenvalue weighted by molar-refractivity contribution is 8.00. The molecule has 0 radical (unpaired) electrons. The molecule has 0 aliphatic carbocycles. The number of aliphatic hydroxyl groups is 6. The first-order chi connectivity index (χ1) is 37.0. The monoisotopic (exact) mass is 1180 g/mol. The van der Waals surface area contributed by atoms with Crippen LogP contribution >= 0.6 is 58.8 Å². The fraction of sp³-hybridized carbons (Fsp3) is 0.512. The summed E-state index contributed by atoms with van der Waals surface area (Å²) in [5, 5.41) is 51.4. The molecule has 0 amide bonds. The third-order valence-corrected chi connectivity index (χ3v) is 15.8. The highest BCUT2D eigenvalue weighted by Crippen LogP contribution is 2.33. The van der Waals surface area contributed by atoms with E-state index < -0.39 is 28.4 Å². The third kappa shape index (κ3) is 18.4. The largest absolute Gasteiger partial charge is 0.400 e. The van der Waals surface area contributed by atoms with Crippen molar-refractivity contribution in [3.05, 3.63) is 114 Å². The van der Waals surface area contributed by atoms with Gasteiger partial charge in [-0.2, -0.15) is 24.9 Å². The number of nitrogens with zero attached hydrogens (tertiary/aromatic N) is 10. The minimum atomic E-state index is -0.431. The third-order valence-electron chi connectivity index (χ3n) is 10.2. The molecule has 5 saturated heterocycles. The van der Waals surface area contributed by atoms with Crippen LogP contribution in [0.1, 0.15) is 31.1 Å². The van der Waals surface area contributed by atoms with Crippen molar-refractivity contribution < 1.29 is 54.3 Å². The van der Waals surface area contributed by atoms with Gasteiger partial charge in [0.05, 0.1) is 33.0 Å². The Morgan fingerprint density at radius 3 is 0.649 bits per heavy atom. The molecule has 5 aliphatic heterocycles. The maximum atomic E-state index is 11.4. The molecular weight excluding hydrogens is 1120 g/mol. The normalized spacial score (nSPS) is 25.1. The van der Waals surface area contributed by atoms with Gasteiger partial charge in [0.25, 0.3) is 0 Å². The van der Waals surface area contributed by atoms with E-state index >= 15 is 0 Å². The van der Waals surface area contributed by atoms with Gasteiger partial charge in [-0.05, 0) is 30.3 Å². The van der Waals surface area contributed by atoms with Gasteiger partial charge in [-0.3, -0.25) is 22.8 Å². The standard InChI is InChI=1S/5C8H11N3O3S.CH4O/c5*9-5-1-2-11(8(13)10-5)6-4-15-7(3-12)14-6;1-2/h5*1-2,6-7,12H,3-4H2,(H2,9,10,13);2H,1H3/t5*6-,7+;/m00000./s1. The Hall–Kier alpha value is -5.29. The Balaban J connectivity index is 0.000000176. The topological polar surface area (TPSA) is 472 Å². The summed E-state index contributed by atoms with van der Waals surface area (Å²) in [7, 11) is 1.00. The van der Waals surface area contributed by atoms with Gasteiger partial charge in [-0.1, -0.05) is 0 Å². The van der Waals surface area contributed by atoms with E-state index in [2.05, 4.69) is 24.9 Å². The molecule has 31 nitrogen and oxygen atoms in total. The van der Waals surface area contributed by atoms with Crippen molar-refractivity contribution >= 4 is 87.9 Å². The van der Waals surface area contributed by atoms with Crippen molar-refractivity contribution in [1.82, 2.24) is 47.8 Å². The number of rotatable bonds is 10. The zero-order valence-electron chi connectivity index (χ0n) is 40.8. The zero-order valence-corrected chi connectivity index (χ0v) is 44.9. The van der Waals surface area contributed by atoms with Gasteiger partial charge in [0.2, 0.25) is 0 Å². The van der Waals surface area contributed by atoms with Gasteiger partial charge in [0, 0.05) is 66.9 Å². The SMILES string of the molecule is CO.Nc1ccn([C@@H]2CS[C@H](CO)O2)c(=O)n1.Nc1ccn([C@@H]2CS[C@H](CO)O2)c(=O)n1.Nc1ccn([C@@H]2CS[C@H](CO)O2)c(=O)n1.Nc1ccn([C@@H]2CS[C@H](CO)O2)c(=O)n1.Nc1ccn([C@@H]2CS[C@H](CO)O2)c(=O)n1. The number of aromatic nitrogens is 10. The summed E-state index contributed by atoms with van der Waals surface area (Å²) in [5.74, 6) is 4.08. The molecule has 10 rings (SSSR count). The van der Waals surface area contributed by atoms with Crippen LogP contribution in [0.4, 0.5) is 29.1 Å². The minimum Gasteiger partial charge on any atom is -0.400 e. The first-order valence-electron chi connectivity index (χ1n) is 22.6. The van der Waals surface area contributed by atoms with Crippen molar-refractivity contribution in [2.45, 2.75) is 58.3 Å². The number of hydrogen-bond acceptors (Lipinski definition) is 31. The molecule has 0 saturated carbocycles. The molecule has 5 aromatic heterocycles. The first kappa shape index (κ1) is 62.6. The number of anilines is 5. The molecule has 10 heterocycles. The van der Waals surface area contributed by atoms with Gasteiger partial charge in [-0.25, -0.2) is 24.0 Å². The van der Waals surface area contributed by atoms with Crippen LogP contribution in [0.2, 0.25) is 0 Å². The van der Waals surface area contributed by atoms with E-state index in [4.69, 9.17) is 83.0 Å². The highest BCUT2D eigenvalue weighted by Gasteiger charge is 2.31. The van der Waals surface area contributed by atoms with E-state index in [9.17, 15) is 24.0 Å². The highest BCUT2D eigenvalue weighted by atomic mass is 32.2. The molecule has 36 heteroatoms. The van der Waals surface area contributed by atoms with E-state index in [1.54, 1.807) is 61.3 Å². The zero-order chi connectivity index (χ0) is 56.2. The second-order valence-corrected chi connectivity index (χ2v) is 21.4. The van der Waals surface area contributed by atoms with Crippen molar-refractivity contribution in [2.24, 2.45) is 0 Å². The van der Waals surface area contributed by atoms with Crippen LogP contribution in [0.5, 0.6) is 0 Å². The molecule has 77 heavy (non-hydrogen) atoms. The van der Waals surface area contributed by atoms with Gasteiger partial charge in [-0.15, -0.1) is 58.8 Å². The van der Waals surface area contributed by atoms with E-state index in [0.717, 1.165) is 7.11 Å². The van der Waals surface area contributed by atoms with Crippen LogP contribution < -0.4 is 57.1 Å². The summed E-state index contributed by atoms with van der Waals surface area (Å²) in [6.45, 7) is -0.286. The summed E-state index contributed by atoms with van der Waals surface area (Å²) in [5.41, 5.74) is 23.4. The lowest BCUT2D eigenvalue weighted by atomic mass is 10.5. The quantitative estimate of drug-likeness (QED) is 0.0650. The van der Waals surface area contributed by atoms with E-state index in [0.29, 0.717) is 28.8 Å². The van der Waals surface area contributed by atoms with Crippen LogP contribution in [0, 0.1) is 0 Å². The van der Waals surface area contributed by atoms with Crippen LogP contribution in [-0.4, -0.2) is 174 Å². The van der Waals surface area contributed by atoms with Gasteiger partial charge in [0.1, 0.15) is 87.4 Å². The molecule has 0 bridgehead atoms. The number of ether oxygens (including phenoxy) is 5. The number of thioether (sulfide) groups is 5. The molecule has 0 spiro atoms. The molecule has 0 unspecified atom stereocenters. The molecule has 0 aromatic carbocycles. The molecule has 10 atom stereocenters. The Kier molecular flexibility index (Phi) is 25.5. The maximum absolute atomic E-state index is 11.4. The van der Waals surface area contributed by atoms with Crippen molar-refractivity contribution in [3.63, 3.8) is 0 Å². The number of hydrogen-bond donors (Lipinski definition) is 11. The van der Waals surface area contributed by atoms with Crippen LogP contribution in [-0.2, 0) is 23.7 Å². The molecule has 424 valence electrons. The summed E-state index contributed by atoms with van der Waals surface area (Å²) in [6.07, 6.45) is 5.92. The van der Waals surface area contributed by atoms with Gasteiger partial charge >= 0.3 is 28.4 Å². The Morgan fingerprint density at radius 2 is 0.532 bits per heavy atom. The Bertz CT molecular complexity index is 2490. The van der Waals surface area contributed by atoms with Crippen molar-refractivity contribution in [2.75, 3.05) is 97.6 Å².